The van der Waals surface area contributed by atoms with Crippen LogP contribution in [0.4, 0.5) is 5.69 Å². The molecule has 1 saturated heterocycles. The van der Waals surface area contributed by atoms with Crippen LogP contribution in [0.15, 0.2) is 24.3 Å². The fraction of sp³-hybridized carbons (Fsp3) is 0.300. The number of hydrogen-bond acceptors (Lipinski definition) is 4. The number of carbonyl (C=O) groups is 1. The van der Waals surface area contributed by atoms with Crippen molar-refractivity contribution in [2.75, 3.05) is 17.2 Å². The fourth-order valence-electron chi connectivity index (χ4n) is 1.65. The zero-order chi connectivity index (χ0) is 11.8. The lowest BCUT2D eigenvalue weighted by molar-refractivity contribution is -0.116. The first-order valence-electron chi connectivity index (χ1n) is 4.75. The number of benzene rings is 1. The highest BCUT2D eigenvalue weighted by Crippen LogP contribution is 2.33. The first-order valence-corrected chi connectivity index (χ1v) is 6.36. The standard InChI is InChI=1S/C10H11NO4S/c1-15-9-5-3-2-4-8(9)11-10(12)6-7-16(11,13)14/h2-5H,6-7H2,1H3. The molecule has 0 saturated carbocycles. The van der Waals surface area contributed by atoms with E-state index in [4.69, 9.17) is 4.74 Å². The van der Waals surface area contributed by atoms with Crippen LogP contribution in [0, 0.1) is 0 Å². The Labute approximate surface area is 93.7 Å². The van der Waals surface area contributed by atoms with Gasteiger partial charge in [-0.15, -0.1) is 0 Å². The number of sulfonamides is 1. The van der Waals surface area contributed by atoms with E-state index in [1.165, 1.54) is 7.11 Å². The highest BCUT2D eigenvalue weighted by Gasteiger charge is 2.37. The number of nitrogens with zero attached hydrogens (tertiary/aromatic N) is 1. The topological polar surface area (TPSA) is 63.7 Å². The second-order valence-corrected chi connectivity index (χ2v) is 5.33. The zero-order valence-corrected chi connectivity index (χ0v) is 9.53. The van der Waals surface area contributed by atoms with Crippen molar-refractivity contribution < 1.29 is 17.9 Å². The zero-order valence-electron chi connectivity index (χ0n) is 8.71. The molecule has 2 rings (SSSR count). The number of ether oxygens (including phenoxy) is 1. The monoisotopic (exact) mass is 241 g/mol. The third-order valence-corrected chi connectivity index (χ3v) is 4.06. The summed E-state index contributed by atoms with van der Waals surface area (Å²) >= 11 is 0. The molecule has 6 heteroatoms. The molecule has 0 N–H and O–H groups in total. The molecule has 0 unspecified atom stereocenters. The van der Waals surface area contributed by atoms with E-state index in [2.05, 4.69) is 0 Å². The van der Waals surface area contributed by atoms with Gasteiger partial charge in [0, 0.05) is 6.42 Å². The highest BCUT2D eigenvalue weighted by atomic mass is 32.2. The molecule has 0 bridgehead atoms. The van der Waals surface area contributed by atoms with E-state index in [0.717, 1.165) is 4.31 Å². The quantitative estimate of drug-likeness (QED) is 0.767. The fourth-order valence-corrected chi connectivity index (χ4v) is 3.11. The van der Waals surface area contributed by atoms with Crippen LogP contribution >= 0.6 is 0 Å². The summed E-state index contributed by atoms with van der Waals surface area (Å²) < 4.78 is 29.2. The Morgan fingerprint density at radius 2 is 2.00 bits per heavy atom. The second kappa shape index (κ2) is 3.79. The van der Waals surface area contributed by atoms with Crippen LogP contribution in [0.3, 0.4) is 0 Å². The number of para-hydroxylation sites is 2. The average molecular weight is 241 g/mol. The molecule has 5 nitrogen and oxygen atoms in total. The van der Waals surface area contributed by atoms with Crippen LogP contribution < -0.4 is 9.04 Å². The number of methoxy groups -OCH3 is 1. The second-order valence-electron chi connectivity index (χ2n) is 3.40. The van der Waals surface area contributed by atoms with Gasteiger partial charge in [0.1, 0.15) is 11.4 Å². The molecule has 86 valence electrons. The van der Waals surface area contributed by atoms with Crippen LogP contribution in [0.5, 0.6) is 5.75 Å². The van der Waals surface area contributed by atoms with Gasteiger partial charge >= 0.3 is 0 Å². The van der Waals surface area contributed by atoms with Crippen LogP contribution in [0.25, 0.3) is 0 Å². The van der Waals surface area contributed by atoms with Crippen LogP contribution in [-0.2, 0) is 14.8 Å². The Hall–Kier alpha value is -1.56. The summed E-state index contributed by atoms with van der Waals surface area (Å²) in [6, 6.07) is 6.56. The van der Waals surface area contributed by atoms with Crippen molar-refractivity contribution >= 4 is 21.6 Å². The van der Waals surface area contributed by atoms with Crippen molar-refractivity contribution in [3.05, 3.63) is 24.3 Å². The van der Waals surface area contributed by atoms with E-state index in [-0.39, 0.29) is 17.9 Å². The van der Waals surface area contributed by atoms with Gasteiger partial charge in [-0.25, -0.2) is 12.7 Å². The minimum atomic E-state index is -3.52. The molecule has 1 amide bonds. The van der Waals surface area contributed by atoms with E-state index in [1.807, 2.05) is 0 Å². The smallest absolute Gasteiger partial charge is 0.242 e. The Kier molecular flexibility index (Phi) is 2.59. The molecule has 0 aliphatic carbocycles. The maximum atomic E-state index is 11.7. The largest absolute Gasteiger partial charge is 0.495 e. The van der Waals surface area contributed by atoms with E-state index < -0.39 is 15.9 Å². The molecule has 1 aliphatic heterocycles. The van der Waals surface area contributed by atoms with E-state index >= 15 is 0 Å². The van der Waals surface area contributed by atoms with Gasteiger partial charge in [0.2, 0.25) is 15.9 Å². The van der Waals surface area contributed by atoms with Crippen molar-refractivity contribution in [3.63, 3.8) is 0 Å². The summed E-state index contributed by atoms with van der Waals surface area (Å²) in [6.07, 6.45) is 0.0282. The van der Waals surface area contributed by atoms with Crippen LogP contribution in [-0.4, -0.2) is 27.2 Å². The number of anilines is 1. The molecule has 16 heavy (non-hydrogen) atoms. The van der Waals surface area contributed by atoms with Gasteiger partial charge in [0.15, 0.2) is 0 Å². The first-order chi connectivity index (χ1) is 7.56. The SMILES string of the molecule is COc1ccccc1N1C(=O)CCS1(=O)=O. The van der Waals surface area contributed by atoms with Gasteiger partial charge in [-0.1, -0.05) is 12.1 Å². The molecule has 0 atom stereocenters. The first kappa shape index (κ1) is 10.9. The third-order valence-electron chi connectivity index (χ3n) is 2.38. The van der Waals surface area contributed by atoms with Gasteiger partial charge in [0.05, 0.1) is 12.9 Å². The molecule has 1 aromatic carbocycles. The lowest BCUT2D eigenvalue weighted by Crippen LogP contribution is -2.29. The molecule has 0 aromatic heterocycles. The number of hydrogen-bond donors (Lipinski definition) is 0. The van der Waals surface area contributed by atoms with E-state index in [1.54, 1.807) is 24.3 Å². The molecule has 1 fully saturated rings. The minimum Gasteiger partial charge on any atom is -0.495 e. The normalized spacial score (nSPS) is 18.8. The summed E-state index contributed by atoms with van der Waals surface area (Å²) in [6.45, 7) is 0. The third kappa shape index (κ3) is 1.65. The Bertz CT molecular complexity index is 523. The molecule has 0 spiro atoms. The number of amides is 1. The van der Waals surface area contributed by atoms with Gasteiger partial charge in [-0.2, -0.15) is 0 Å². The van der Waals surface area contributed by atoms with Crippen molar-refractivity contribution in [2.24, 2.45) is 0 Å². The van der Waals surface area contributed by atoms with Crippen molar-refractivity contribution in [3.8, 4) is 5.75 Å². The Morgan fingerprint density at radius 3 is 2.56 bits per heavy atom. The summed E-state index contributed by atoms with van der Waals surface area (Å²) in [4.78, 5) is 11.5. The number of rotatable bonds is 2. The predicted octanol–water partition coefficient (Wildman–Crippen LogP) is 0.762. The maximum absolute atomic E-state index is 11.7. The summed E-state index contributed by atoms with van der Waals surface area (Å²) in [5, 5.41) is 0. The molecule has 1 aliphatic rings. The lowest BCUT2D eigenvalue weighted by atomic mass is 10.3. The summed E-state index contributed by atoms with van der Waals surface area (Å²) in [5.41, 5.74) is 0.285. The summed E-state index contributed by atoms with van der Waals surface area (Å²) in [7, 11) is -2.08. The molecular weight excluding hydrogens is 230 g/mol. The highest BCUT2D eigenvalue weighted by molar-refractivity contribution is 7.94. The van der Waals surface area contributed by atoms with Crippen molar-refractivity contribution in [1.82, 2.24) is 0 Å². The number of carbonyl (C=O) groups excluding carboxylic acids is 1. The molecule has 1 heterocycles. The van der Waals surface area contributed by atoms with E-state index in [9.17, 15) is 13.2 Å². The van der Waals surface area contributed by atoms with Gasteiger partial charge in [-0.3, -0.25) is 4.79 Å². The Balaban J connectivity index is 2.55. The van der Waals surface area contributed by atoms with E-state index in [0.29, 0.717) is 5.75 Å². The van der Waals surface area contributed by atoms with Crippen LogP contribution in [0.2, 0.25) is 0 Å². The molecular formula is C10H11NO4S. The molecule has 0 radical (unpaired) electrons. The molecule has 1 aromatic rings. The van der Waals surface area contributed by atoms with Gasteiger partial charge in [-0.05, 0) is 12.1 Å². The maximum Gasteiger partial charge on any atom is 0.242 e. The lowest BCUT2D eigenvalue weighted by Gasteiger charge is -2.17. The summed E-state index contributed by atoms with van der Waals surface area (Å²) in [5.74, 6) is -0.171. The van der Waals surface area contributed by atoms with Gasteiger partial charge in [0.25, 0.3) is 0 Å². The van der Waals surface area contributed by atoms with Crippen molar-refractivity contribution in [2.45, 2.75) is 6.42 Å². The average Bonchev–Trinajstić information content (AvgIpc) is 2.53. The Morgan fingerprint density at radius 1 is 1.31 bits per heavy atom. The van der Waals surface area contributed by atoms with Crippen molar-refractivity contribution in [1.29, 1.82) is 0 Å². The van der Waals surface area contributed by atoms with Crippen LogP contribution in [0.1, 0.15) is 6.42 Å². The predicted molar refractivity (Wildman–Crippen MR) is 58.9 cm³/mol. The van der Waals surface area contributed by atoms with Gasteiger partial charge < -0.3 is 4.74 Å². The minimum absolute atomic E-state index is 0.0282.